The number of halogens is 3. The molecule has 0 spiro atoms. The monoisotopic (exact) mass is 413 g/mol. The van der Waals surface area contributed by atoms with Gasteiger partial charge in [-0.1, -0.05) is 32.0 Å². The van der Waals surface area contributed by atoms with Gasteiger partial charge in [0.25, 0.3) is 0 Å². The maximum absolute atomic E-state index is 13.1. The Morgan fingerprint density at radius 1 is 1.10 bits per heavy atom. The molecule has 156 valence electrons. The van der Waals surface area contributed by atoms with Gasteiger partial charge in [-0.25, -0.2) is 15.0 Å². The summed E-state index contributed by atoms with van der Waals surface area (Å²) in [5.41, 5.74) is 2.09. The summed E-state index contributed by atoms with van der Waals surface area (Å²) in [4.78, 5) is 14.9. The Bertz CT molecular complexity index is 1030. The van der Waals surface area contributed by atoms with E-state index in [1.54, 1.807) is 24.5 Å². The van der Waals surface area contributed by atoms with E-state index in [2.05, 4.69) is 34.0 Å². The van der Waals surface area contributed by atoms with E-state index in [9.17, 15) is 13.2 Å². The number of rotatable bonds is 4. The molecular weight excluding hydrogens is 391 g/mol. The molecule has 0 saturated carbocycles. The van der Waals surface area contributed by atoms with Gasteiger partial charge in [0.2, 0.25) is 0 Å². The average Bonchev–Trinajstić information content (AvgIpc) is 2.73. The van der Waals surface area contributed by atoms with Crippen LogP contribution in [-0.2, 0) is 11.6 Å². The number of alkyl halides is 3. The number of nitrogens with one attached hydrogen (secondary N) is 1. The van der Waals surface area contributed by atoms with Gasteiger partial charge in [0.15, 0.2) is 0 Å². The van der Waals surface area contributed by atoms with Crippen molar-refractivity contribution in [2.45, 2.75) is 31.9 Å². The molecule has 0 aliphatic carbocycles. The van der Waals surface area contributed by atoms with Gasteiger partial charge >= 0.3 is 6.18 Å². The number of aromatic nitrogens is 3. The minimum absolute atomic E-state index is 0.0684. The van der Waals surface area contributed by atoms with Crippen molar-refractivity contribution >= 4 is 11.5 Å². The van der Waals surface area contributed by atoms with Gasteiger partial charge in [-0.2, -0.15) is 13.2 Å². The van der Waals surface area contributed by atoms with Crippen LogP contribution in [0.2, 0.25) is 0 Å². The minimum Gasteiger partial charge on any atom is -0.365 e. The van der Waals surface area contributed by atoms with Gasteiger partial charge in [-0.3, -0.25) is 0 Å². The number of nitrogens with zero attached hydrogens (tertiary/aromatic N) is 4. The Hall–Kier alpha value is -3.16. The maximum Gasteiger partial charge on any atom is 0.416 e. The summed E-state index contributed by atoms with van der Waals surface area (Å²) in [6.07, 6.45) is 1.40. The first kappa shape index (κ1) is 20.1. The number of hydrogen-bond acceptors (Lipinski definition) is 5. The summed E-state index contributed by atoms with van der Waals surface area (Å²) in [6.45, 7) is 5.59. The lowest BCUT2D eigenvalue weighted by Gasteiger charge is -2.39. The molecule has 0 radical (unpaired) electrons. The Balaban J connectivity index is 1.68. The fourth-order valence-corrected chi connectivity index (χ4v) is 3.62. The first-order chi connectivity index (χ1) is 14.2. The molecule has 5 nitrogen and oxygen atoms in total. The second-order valence-corrected chi connectivity index (χ2v) is 8.01. The van der Waals surface area contributed by atoms with Crippen LogP contribution in [-0.4, -0.2) is 28.2 Å². The van der Waals surface area contributed by atoms with Crippen LogP contribution in [0.15, 0.2) is 55.1 Å². The van der Waals surface area contributed by atoms with Crippen molar-refractivity contribution in [1.82, 2.24) is 15.0 Å². The molecule has 1 aromatic carbocycles. The SMILES string of the molecule is CC1(C)CCN(CNc2cncnc2)c2nc(-c3cccc(C(F)(F)F)c3)ccc21. The standard InChI is InChI=1S/C22H22F3N5/c1-21(2)8-9-30(14-28-17-11-26-13-27-12-17)20-18(21)6-7-19(29-20)15-4-3-5-16(10-15)22(23,24)25/h3-7,10-13,28H,8-9,14H2,1-2H3. The van der Waals surface area contributed by atoms with E-state index in [-0.39, 0.29) is 5.41 Å². The van der Waals surface area contributed by atoms with Crippen LogP contribution in [0.4, 0.5) is 24.7 Å². The zero-order valence-corrected chi connectivity index (χ0v) is 16.7. The van der Waals surface area contributed by atoms with Crippen molar-refractivity contribution in [3.63, 3.8) is 0 Å². The van der Waals surface area contributed by atoms with Crippen LogP contribution in [0.3, 0.4) is 0 Å². The van der Waals surface area contributed by atoms with Gasteiger partial charge < -0.3 is 10.2 Å². The second-order valence-electron chi connectivity index (χ2n) is 8.01. The van der Waals surface area contributed by atoms with Crippen molar-refractivity contribution in [1.29, 1.82) is 0 Å². The number of fused-ring (bicyclic) bond motifs is 1. The Morgan fingerprint density at radius 3 is 2.60 bits per heavy atom. The molecular formula is C22H22F3N5. The largest absolute Gasteiger partial charge is 0.416 e. The Labute approximate surface area is 173 Å². The topological polar surface area (TPSA) is 53.9 Å². The summed E-state index contributed by atoms with van der Waals surface area (Å²) in [5, 5.41) is 3.28. The summed E-state index contributed by atoms with van der Waals surface area (Å²) < 4.78 is 39.4. The quantitative estimate of drug-likeness (QED) is 0.644. The molecule has 0 amide bonds. The highest BCUT2D eigenvalue weighted by Gasteiger charge is 2.33. The fraction of sp³-hybridized carbons (Fsp3) is 0.318. The normalized spacial score (nSPS) is 15.6. The lowest BCUT2D eigenvalue weighted by Crippen LogP contribution is -2.40. The third kappa shape index (κ3) is 4.08. The van der Waals surface area contributed by atoms with E-state index in [0.29, 0.717) is 17.9 Å². The van der Waals surface area contributed by atoms with Crippen LogP contribution in [0, 0.1) is 0 Å². The molecule has 30 heavy (non-hydrogen) atoms. The van der Waals surface area contributed by atoms with Crippen LogP contribution in [0.5, 0.6) is 0 Å². The zero-order chi connectivity index (χ0) is 21.4. The summed E-state index contributed by atoms with van der Waals surface area (Å²) in [6, 6.07) is 9.07. The zero-order valence-electron chi connectivity index (χ0n) is 16.7. The molecule has 1 aliphatic rings. The third-order valence-electron chi connectivity index (χ3n) is 5.43. The number of pyridine rings is 1. The predicted molar refractivity (Wildman–Crippen MR) is 110 cm³/mol. The van der Waals surface area contributed by atoms with E-state index in [4.69, 9.17) is 4.98 Å². The van der Waals surface area contributed by atoms with Gasteiger partial charge in [0.1, 0.15) is 12.1 Å². The van der Waals surface area contributed by atoms with Crippen molar-refractivity contribution in [3.8, 4) is 11.3 Å². The smallest absolute Gasteiger partial charge is 0.365 e. The summed E-state index contributed by atoms with van der Waals surface area (Å²) in [5.74, 6) is 0.783. The number of benzene rings is 1. The van der Waals surface area contributed by atoms with Gasteiger partial charge in [0, 0.05) is 17.7 Å². The highest BCUT2D eigenvalue weighted by molar-refractivity contribution is 5.66. The lowest BCUT2D eigenvalue weighted by atomic mass is 9.79. The molecule has 0 saturated heterocycles. The van der Waals surface area contributed by atoms with Crippen molar-refractivity contribution in [2.24, 2.45) is 0 Å². The number of anilines is 2. The first-order valence-corrected chi connectivity index (χ1v) is 9.67. The highest BCUT2D eigenvalue weighted by Crippen LogP contribution is 2.40. The van der Waals surface area contributed by atoms with E-state index in [1.807, 2.05) is 6.07 Å². The van der Waals surface area contributed by atoms with Gasteiger partial charge in [-0.05, 0) is 30.0 Å². The molecule has 0 bridgehead atoms. The third-order valence-corrected chi connectivity index (χ3v) is 5.43. The fourth-order valence-electron chi connectivity index (χ4n) is 3.62. The van der Waals surface area contributed by atoms with E-state index in [1.165, 1.54) is 12.4 Å². The molecule has 0 fully saturated rings. The second kappa shape index (κ2) is 7.59. The molecule has 2 aromatic heterocycles. The van der Waals surface area contributed by atoms with E-state index >= 15 is 0 Å². The van der Waals surface area contributed by atoms with Crippen LogP contribution >= 0.6 is 0 Å². The lowest BCUT2D eigenvalue weighted by molar-refractivity contribution is -0.137. The number of hydrogen-bond donors (Lipinski definition) is 1. The van der Waals surface area contributed by atoms with Crippen LogP contribution < -0.4 is 10.2 Å². The van der Waals surface area contributed by atoms with Crippen LogP contribution in [0.25, 0.3) is 11.3 Å². The molecule has 3 aromatic rings. The van der Waals surface area contributed by atoms with Crippen molar-refractivity contribution < 1.29 is 13.2 Å². The molecule has 3 heterocycles. The predicted octanol–water partition coefficient (Wildman–Crippen LogP) is 5.11. The maximum atomic E-state index is 13.1. The van der Waals surface area contributed by atoms with Crippen molar-refractivity contribution in [2.75, 3.05) is 23.4 Å². The Kier molecular flexibility index (Phi) is 5.09. The molecule has 0 atom stereocenters. The molecule has 0 unspecified atom stereocenters. The van der Waals surface area contributed by atoms with E-state index in [0.717, 1.165) is 42.2 Å². The van der Waals surface area contributed by atoms with Crippen LogP contribution in [0.1, 0.15) is 31.4 Å². The van der Waals surface area contributed by atoms with Crippen molar-refractivity contribution in [3.05, 3.63) is 66.2 Å². The Morgan fingerprint density at radius 2 is 1.87 bits per heavy atom. The molecule has 8 heteroatoms. The summed E-state index contributed by atoms with van der Waals surface area (Å²) >= 11 is 0. The van der Waals surface area contributed by atoms with E-state index < -0.39 is 11.7 Å². The highest BCUT2D eigenvalue weighted by atomic mass is 19.4. The average molecular weight is 413 g/mol. The van der Waals surface area contributed by atoms with Gasteiger partial charge in [0.05, 0.1) is 36.0 Å². The summed E-state index contributed by atoms with van der Waals surface area (Å²) in [7, 11) is 0. The molecule has 1 N–H and O–H groups in total. The first-order valence-electron chi connectivity index (χ1n) is 9.67. The minimum atomic E-state index is -4.39. The molecule has 4 rings (SSSR count). The molecule has 1 aliphatic heterocycles. The van der Waals surface area contributed by atoms with Gasteiger partial charge in [-0.15, -0.1) is 0 Å².